The van der Waals surface area contributed by atoms with Crippen LogP contribution in [-0.4, -0.2) is 17.7 Å². The Bertz CT molecular complexity index is 1250. The summed E-state index contributed by atoms with van der Waals surface area (Å²) >= 11 is 0. The number of halogens is 6. The number of hydrogen-bond donors (Lipinski definition) is 0. The third kappa shape index (κ3) is 2.24. The van der Waals surface area contributed by atoms with Gasteiger partial charge in [0.2, 0.25) is 0 Å². The van der Waals surface area contributed by atoms with E-state index in [9.17, 15) is 26.3 Å². The van der Waals surface area contributed by atoms with Gasteiger partial charge in [-0.2, -0.15) is 0 Å². The molecule has 1 spiro atoms. The van der Waals surface area contributed by atoms with Gasteiger partial charge in [-0.25, -0.2) is 0 Å². The van der Waals surface area contributed by atoms with Crippen molar-refractivity contribution in [3.05, 3.63) is 84.4 Å². The van der Waals surface area contributed by atoms with E-state index in [1.54, 1.807) is 6.07 Å². The molecule has 5 nitrogen and oxygen atoms in total. The van der Waals surface area contributed by atoms with Crippen molar-refractivity contribution >= 4 is 13.1 Å². The summed E-state index contributed by atoms with van der Waals surface area (Å²) in [6, 6.07) is 18.0. The van der Waals surface area contributed by atoms with Crippen LogP contribution in [0.15, 0.2) is 78.9 Å². The Balaban J connectivity index is 1.75. The Morgan fingerprint density at radius 1 is 0.647 bits per heavy atom. The molecule has 12 heteroatoms. The molecule has 0 bridgehead atoms. The van der Waals surface area contributed by atoms with Crippen molar-refractivity contribution in [2.75, 3.05) is 4.67 Å². The van der Waals surface area contributed by atoms with Gasteiger partial charge in [-0.05, 0) is 0 Å². The van der Waals surface area contributed by atoms with E-state index in [1.807, 2.05) is 0 Å². The van der Waals surface area contributed by atoms with E-state index >= 15 is 0 Å². The number of fused-ring (bicyclic) bond motifs is 3. The zero-order valence-electron chi connectivity index (χ0n) is 16.9. The van der Waals surface area contributed by atoms with Crippen LogP contribution in [0.5, 0.6) is 17.2 Å². The van der Waals surface area contributed by atoms with E-state index < -0.39 is 31.4 Å². The third-order valence-corrected chi connectivity index (χ3v) is 10.4. The van der Waals surface area contributed by atoms with Crippen LogP contribution in [0.4, 0.5) is 32.0 Å². The summed E-state index contributed by atoms with van der Waals surface area (Å²) in [5, 5.41) is -4.95. The Hall–Kier alpha value is -3.17. The average molecular weight is 501 g/mol. The van der Waals surface area contributed by atoms with Gasteiger partial charge in [0.15, 0.2) is 0 Å². The molecule has 0 aliphatic carbocycles. The quantitative estimate of drug-likeness (QED) is 0.262. The number of ether oxygens (including phenoxy) is 1. The van der Waals surface area contributed by atoms with Gasteiger partial charge >= 0.3 is 188 Å². The second kappa shape index (κ2) is 6.28. The standard InChI is InChI=1S/C22H14F6NO4P/c23-21(24,25)20(22(26,27)28)30-19(14-8-2-1-3-9-14)29-15-10-4-5-11-16(15)31-34(20,29)32-17-12-6-7-13-18(17)33-34/h1-13,19H. The van der Waals surface area contributed by atoms with Gasteiger partial charge in [0.05, 0.1) is 0 Å². The number of para-hydroxylation sites is 4. The zero-order chi connectivity index (χ0) is 24.0. The minimum atomic E-state index is -6.56. The van der Waals surface area contributed by atoms with E-state index in [4.69, 9.17) is 18.3 Å². The average Bonchev–Trinajstić information content (AvgIpc) is 3.35. The van der Waals surface area contributed by atoms with Crippen molar-refractivity contribution in [2.24, 2.45) is 0 Å². The van der Waals surface area contributed by atoms with Crippen LogP contribution in [0, 0.1) is 0 Å². The molecule has 3 aliphatic heterocycles. The second-order valence-electron chi connectivity index (χ2n) is 7.90. The van der Waals surface area contributed by atoms with Crippen molar-refractivity contribution in [3.8, 4) is 17.2 Å². The normalized spacial score (nSPS) is 24.1. The van der Waals surface area contributed by atoms with Crippen molar-refractivity contribution in [1.82, 2.24) is 0 Å². The summed E-state index contributed by atoms with van der Waals surface area (Å²) < 4.78 is 112. The Labute approximate surface area is 188 Å². The number of rotatable bonds is 1. The van der Waals surface area contributed by atoms with Crippen LogP contribution >= 0.6 is 7.43 Å². The molecule has 0 N–H and O–H groups in total. The molecule has 3 aromatic rings. The molecule has 3 heterocycles. The van der Waals surface area contributed by atoms with Crippen LogP contribution in [0.25, 0.3) is 0 Å². The fourth-order valence-electron chi connectivity index (χ4n) is 4.72. The number of alkyl halides is 6. The molecular formula is C22H14F6NO4P. The molecule has 0 amide bonds. The van der Waals surface area contributed by atoms with Gasteiger partial charge in [-0.15, -0.1) is 0 Å². The van der Waals surface area contributed by atoms with E-state index in [1.165, 1.54) is 72.8 Å². The molecule has 1 atom stereocenters. The molecule has 3 aromatic carbocycles. The van der Waals surface area contributed by atoms with Crippen LogP contribution in [0.1, 0.15) is 11.8 Å². The molecule has 3 aliphatic rings. The minimum absolute atomic E-state index is 0.0327. The van der Waals surface area contributed by atoms with Gasteiger partial charge in [-0.1, -0.05) is 0 Å². The van der Waals surface area contributed by atoms with Crippen LogP contribution in [0.2, 0.25) is 0 Å². The van der Waals surface area contributed by atoms with Crippen molar-refractivity contribution in [3.63, 3.8) is 0 Å². The van der Waals surface area contributed by atoms with Crippen molar-refractivity contribution in [2.45, 2.75) is 23.9 Å². The van der Waals surface area contributed by atoms with Crippen molar-refractivity contribution in [1.29, 1.82) is 0 Å². The summed E-state index contributed by atoms with van der Waals surface area (Å²) in [5.74, 6) is -0.864. The predicted molar refractivity (Wildman–Crippen MR) is 109 cm³/mol. The molecule has 34 heavy (non-hydrogen) atoms. The maximum absolute atomic E-state index is 14.9. The van der Waals surface area contributed by atoms with Gasteiger partial charge < -0.3 is 0 Å². The predicted octanol–water partition coefficient (Wildman–Crippen LogP) is 7.12. The van der Waals surface area contributed by atoms with Crippen LogP contribution < -0.4 is 18.2 Å². The molecule has 178 valence electrons. The number of anilines is 1. The first-order valence-electron chi connectivity index (χ1n) is 9.99. The van der Waals surface area contributed by atoms with Crippen molar-refractivity contribution < 1.29 is 44.7 Å². The van der Waals surface area contributed by atoms with E-state index in [2.05, 4.69) is 0 Å². The first-order chi connectivity index (χ1) is 16.0. The zero-order valence-corrected chi connectivity index (χ0v) is 17.8. The van der Waals surface area contributed by atoms with E-state index in [0.717, 1.165) is 4.67 Å². The third-order valence-electron chi connectivity index (χ3n) is 5.99. The Morgan fingerprint density at radius 3 is 1.68 bits per heavy atom. The molecule has 1 fully saturated rings. The Kier molecular flexibility index (Phi) is 3.95. The maximum atomic E-state index is 14.9. The van der Waals surface area contributed by atoms with Gasteiger partial charge in [0.25, 0.3) is 0 Å². The number of hydrogen-bond acceptors (Lipinski definition) is 5. The molecule has 1 unspecified atom stereocenters. The first-order valence-corrected chi connectivity index (χ1v) is 11.9. The SMILES string of the molecule is FC(F)(F)C1(C(F)(F)F)OC(c2ccccc2)N2c3ccccc3OP213Oc1ccccc1O3. The van der Waals surface area contributed by atoms with Crippen LogP contribution in [0.3, 0.4) is 0 Å². The summed E-state index contributed by atoms with van der Waals surface area (Å²) in [5.41, 5.74) is -0.0393. The fraction of sp³-hybridized carbons (Fsp3) is 0.182. The summed E-state index contributed by atoms with van der Waals surface area (Å²) in [7, 11) is -6.56. The Morgan fingerprint density at radius 2 is 1.12 bits per heavy atom. The topological polar surface area (TPSA) is 40.2 Å². The van der Waals surface area contributed by atoms with Gasteiger partial charge in [-0.3, -0.25) is 0 Å². The van der Waals surface area contributed by atoms with Gasteiger partial charge in [0, 0.05) is 0 Å². The first kappa shape index (κ1) is 21.4. The molecule has 0 aromatic heterocycles. The number of benzene rings is 3. The fourth-order valence-corrected chi connectivity index (χ4v) is 9.48. The van der Waals surface area contributed by atoms with Crippen LogP contribution in [-0.2, 0) is 4.74 Å². The summed E-state index contributed by atoms with van der Waals surface area (Å²) in [6.07, 6.45) is -14.0. The molecule has 6 rings (SSSR count). The summed E-state index contributed by atoms with van der Waals surface area (Å²) in [6.45, 7) is 0. The molecular weight excluding hydrogens is 487 g/mol. The second-order valence-corrected chi connectivity index (χ2v) is 11.2. The summed E-state index contributed by atoms with van der Waals surface area (Å²) in [4.78, 5) is 0. The molecule has 0 saturated carbocycles. The number of nitrogens with zero attached hydrogens (tertiary/aromatic N) is 1. The monoisotopic (exact) mass is 501 g/mol. The molecule has 0 radical (unpaired) electrons. The van der Waals surface area contributed by atoms with Gasteiger partial charge in [0.1, 0.15) is 0 Å². The van der Waals surface area contributed by atoms with E-state index in [-0.39, 0.29) is 28.5 Å². The molecule has 1 saturated heterocycles. The van der Waals surface area contributed by atoms with E-state index in [0.29, 0.717) is 0 Å².